The maximum Gasteiger partial charge on any atom is 0 e. The van der Waals surface area contributed by atoms with Gasteiger partial charge in [-0.25, -0.2) is 0 Å². The Labute approximate surface area is 93.5 Å². The predicted molar refractivity (Wildman–Crippen MR) is 52.2 cm³/mol. The van der Waals surface area contributed by atoms with E-state index in [9.17, 15) is 0 Å². The Hall–Kier alpha value is 0.859. The summed E-state index contributed by atoms with van der Waals surface area (Å²) in [5, 5.41) is 0. The fourth-order valence-corrected chi connectivity index (χ4v) is 0.874. The Bertz CT molecular complexity index is 93.8. The largest absolute Gasteiger partial charge is 0.107 e. The van der Waals surface area contributed by atoms with Gasteiger partial charge >= 0.3 is 0 Å². The number of halogens is 1. The van der Waals surface area contributed by atoms with Crippen molar-refractivity contribution >= 4 is 24.0 Å². The first kappa shape index (κ1) is 13.4. The second-order valence-corrected chi connectivity index (χ2v) is 2.14. The van der Waals surface area contributed by atoms with Crippen molar-refractivity contribution in [1.82, 2.24) is 0 Å². The van der Waals surface area contributed by atoms with Gasteiger partial charge in [-0.1, -0.05) is 24.3 Å². The molecule has 0 spiro atoms. The van der Waals surface area contributed by atoms with E-state index in [1.807, 2.05) is 0 Å². The quantitative estimate of drug-likeness (QED) is 0.520. The minimum Gasteiger partial charge on any atom is -0.107 e. The van der Waals surface area contributed by atoms with E-state index < -0.39 is 0 Å². The van der Waals surface area contributed by atoms with Crippen LogP contribution in [0, 0.1) is 0 Å². The van der Waals surface area contributed by atoms with Gasteiger partial charge in [-0.2, -0.15) is 0 Å². The van der Waals surface area contributed by atoms with E-state index in [-0.39, 0.29) is 44.1 Å². The van der Waals surface area contributed by atoms with Crippen LogP contribution in [-0.2, 0) is 20.1 Å². The van der Waals surface area contributed by atoms with Gasteiger partial charge in [0.1, 0.15) is 0 Å². The van der Waals surface area contributed by atoms with Crippen molar-refractivity contribution in [2.24, 2.45) is 0 Å². The molecule has 0 amide bonds. The summed E-state index contributed by atoms with van der Waals surface area (Å²) in [6, 6.07) is 0. The molecule has 0 heterocycles. The Morgan fingerprint density at radius 3 is 1.60 bits per heavy atom. The molecule has 0 aromatic rings. The molecule has 1 radical (unpaired) electrons. The van der Waals surface area contributed by atoms with Gasteiger partial charge in [-0.15, -0.1) is 24.0 Å². The standard InChI is InChI=1S/C8H12.HI.Ir/c1-2-4-6-8-7-5-3-1;;/h1-4H,5-8H2;1H;/b3-1-,4-2-;;. The monoisotopic (exact) mass is 429 g/mol. The van der Waals surface area contributed by atoms with E-state index in [2.05, 4.69) is 24.3 Å². The molecule has 61 valence electrons. The number of rotatable bonds is 0. The SMILES string of the molecule is C1=C\CCCC\C=C/1.I.[Ir]. The summed E-state index contributed by atoms with van der Waals surface area (Å²) in [4.78, 5) is 0. The third-order valence-corrected chi connectivity index (χ3v) is 1.37. The molecule has 0 unspecified atom stereocenters. The Balaban J connectivity index is 0. The van der Waals surface area contributed by atoms with Crippen LogP contribution in [0.15, 0.2) is 24.3 Å². The van der Waals surface area contributed by atoms with Crippen molar-refractivity contribution < 1.29 is 20.1 Å². The normalized spacial score (nSPS) is 22.4. The van der Waals surface area contributed by atoms with Gasteiger partial charge in [0, 0.05) is 20.1 Å². The first-order valence-corrected chi connectivity index (χ1v) is 3.32. The molecule has 0 saturated heterocycles. The van der Waals surface area contributed by atoms with Gasteiger partial charge in [-0.3, -0.25) is 0 Å². The molecular weight excluding hydrogens is 415 g/mol. The van der Waals surface area contributed by atoms with E-state index in [1.165, 1.54) is 25.7 Å². The topological polar surface area (TPSA) is 0 Å². The van der Waals surface area contributed by atoms with Crippen LogP contribution in [0.5, 0.6) is 0 Å². The number of hydrogen-bond donors (Lipinski definition) is 0. The Morgan fingerprint density at radius 2 is 1.20 bits per heavy atom. The maximum absolute atomic E-state index is 2.23. The third kappa shape index (κ3) is 6.97. The van der Waals surface area contributed by atoms with E-state index in [0.717, 1.165) is 0 Å². The van der Waals surface area contributed by atoms with Crippen molar-refractivity contribution in [2.75, 3.05) is 0 Å². The van der Waals surface area contributed by atoms with Gasteiger partial charge in [-0.05, 0) is 25.7 Å². The molecule has 1 aliphatic carbocycles. The average Bonchev–Trinajstić information content (AvgIpc) is 1.62. The van der Waals surface area contributed by atoms with Gasteiger partial charge in [0.2, 0.25) is 0 Å². The molecule has 0 aromatic carbocycles. The summed E-state index contributed by atoms with van der Waals surface area (Å²) in [7, 11) is 0. The summed E-state index contributed by atoms with van der Waals surface area (Å²) in [6.07, 6.45) is 14.0. The zero-order chi connectivity index (χ0) is 5.66. The molecule has 0 aliphatic heterocycles. The zero-order valence-corrected chi connectivity index (χ0v) is 10.6. The maximum atomic E-state index is 2.23. The molecule has 0 bridgehead atoms. The first-order chi connectivity index (χ1) is 4.00. The molecule has 0 nitrogen and oxygen atoms in total. The van der Waals surface area contributed by atoms with Crippen molar-refractivity contribution in [3.63, 3.8) is 0 Å². The molecular formula is C8H13IIr. The Morgan fingerprint density at radius 1 is 0.800 bits per heavy atom. The summed E-state index contributed by atoms with van der Waals surface area (Å²) >= 11 is 0. The van der Waals surface area contributed by atoms with Gasteiger partial charge in [0.15, 0.2) is 0 Å². The van der Waals surface area contributed by atoms with Crippen molar-refractivity contribution in [3.8, 4) is 0 Å². The van der Waals surface area contributed by atoms with Crippen LogP contribution in [0.4, 0.5) is 0 Å². The second kappa shape index (κ2) is 9.86. The van der Waals surface area contributed by atoms with E-state index in [0.29, 0.717) is 0 Å². The van der Waals surface area contributed by atoms with Gasteiger partial charge in [0.25, 0.3) is 0 Å². The Kier molecular flexibility index (Phi) is 13.3. The molecule has 0 atom stereocenters. The molecule has 0 fully saturated rings. The summed E-state index contributed by atoms with van der Waals surface area (Å²) in [6.45, 7) is 0. The van der Waals surface area contributed by atoms with Crippen LogP contribution in [0.3, 0.4) is 0 Å². The smallest absolute Gasteiger partial charge is 0 e. The predicted octanol–water partition coefficient (Wildman–Crippen LogP) is 3.29. The molecule has 1 rings (SSSR count). The van der Waals surface area contributed by atoms with Gasteiger partial charge < -0.3 is 0 Å². The molecule has 10 heavy (non-hydrogen) atoms. The summed E-state index contributed by atoms with van der Waals surface area (Å²) in [5.74, 6) is 0. The number of hydrogen-bond acceptors (Lipinski definition) is 0. The average molecular weight is 428 g/mol. The molecule has 0 aromatic heterocycles. The molecule has 1 aliphatic rings. The van der Waals surface area contributed by atoms with E-state index >= 15 is 0 Å². The fraction of sp³-hybridized carbons (Fsp3) is 0.500. The van der Waals surface area contributed by atoms with E-state index in [1.54, 1.807) is 0 Å². The fourth-order valence-electron chi connectivity index (χ4n) is 0.874. The van der Waals surface area contributed by atoms with Gasteiger partial charge in [0.05, 0.1) is 0 Å². The molecule has 0 N–H and O–H groups in total. The first-order valence-electron chi connectivity index (χ1n) is 3.32. The summed E-state index contributed by atoms with van der Waals surface area (Å²) < 4.78 is 0. The van der Waals surface area contributed by atoms with Crippen LogP contribution in [0.25, 0.3) is 0 Å². The minimum atomic E-state index is 0. The second-order valence-electron chi connectivity index (χ2n) is 2.14. The summed E-state index contributed by atoms with van der Waals surface area (Å²) in [5.41, 5.74) is 0. The zero-order valence-electron chi connectivity index (χ0n) is 5.88. The van der Waals surface area contributed by atoms with Crippen molar-refractivity contribution in [2.45, 2.75) is 25.7 Å². The van der Waals surface area contributed by atoms with Crippen molar-refractivity contribution in [1.29, 1.82) is 0 Å². The van der Waals surface area contributed by atoms with Crippen LogP contribution in [0.2, 0.25) is 0 Å². The van der Waals surface area contributed by atoms with Crippen LogP contribution in [0.1, 0.15) is 25.7 Å². The van der Waals surface area contributed by atoms with Crippen LogP contribution < -0.4 is 0 Å². The van der Waals surface area contributed by atoms with Crippen LogP contribution >= 0.6 is 24.0 Å². The number of allylic oxidation sites excluding steroid dienone is 4. The molecule has 0 saturated carbocycles. The third-order valence-electron chi connectivity index (χ3n) is 1.37. The molecule has 2 heteroatoms. The van der Waals surface area contributed by atoms with Crippen molar-refractivity contribution in [3.05, 3.63) is 24.3 Å². The van der Waals surface area contributed by atoms with E-state index in [4.69, 9.17) is 0 Å². The minimum absolute atomic E-state index is 0. The van der Waals surface area contributed by atoms with Crippen LogP contribution in [-0.4, -0.2) is 0 Å².